The van der Waals surface area contributed by atoms with Crippen molar-refractivity contribution in [1.29, 1.82) is 0 Å². The van der Waals surface area contributed by atoms with Crippen LogP contribution in [0.3, 0.4) is 0 Å². The molecule has 0 aromatic heterocycles. The second-order valence-electron chi connectivity index (χ2n) is 18.5. The summed E-state index contributed by atoms with van der Waals surface area (Å²) >= 11 is 0. The van der Waals surface area contributed by atoms with Crippen LogP contribution in [0.1, 0.15) is 0 Å². The quantitative estimate of drug-likeness (QED) is 0.0464. The van der Waals surface area contributed by atoms with Crippen LogP contribution in [0, 0.1) is 0 Å². The van der Waals surface area contributed by atoms with Crippen LogP contribution in [0.5, 0.6) is 0 Å². The van der Waals surface area contributed by atoms with Crippen LogP contribution in [0.2, 0.25) is 0 Å². The van der Waals surface area contributed by atoms with Crippen molar-refractivity contribution in [2.24, 2.45) is 13.5 Å². The number of nitrogens with zero attached hydrogens (tertiary/aromatic N) is 3. The van der Waals surface area contributed by atoms with Crippen molar-refractivity contribution in [3.8, 4) is 0 Å². The van der Waals surface area contributed by atoms with Gasteiger partial charge in [0, 0.05) is 0 Å². The summed E-state index contributed by atoms with van der Waals surface area (Å²) in [5.74, 6) is -163. The first-order valence-electron chi connectivity index (χ1n) is 22.1. The molecular weight excluding hydrogens is 1650 g/mol. The van der Waals surface area contributed by atoms with Crippen molar-refractivity contribution in [3.63, 3.8) is 0 Å². The number of hydrogen-bond acceptors (Lipinski definition) is 9. The minimum atomic E-state index is -9.82. The summed E-state index contributed by atoms with van der Waals surface area (Å²) in [6.07, 6.45) is -33.8. The summed E-state index contributed by atoms with van der Waals surface area (Å²) in [7, 11) is -29.4. The number of hydrogen-bond donors (Lipinski definition) is 0. The minimum absolute atomic E-state index is 1.15. The van der Waals surface area contributed by atoms with Gasteiger partial charge in [-0.05, 0) is 0 Å². The third kappa shape index (κ3) is 15.7. The molecule has 0 saturated carbocycles. The fourth-order valence-corrected chi connectivity index (χ4v) is 14.9. The first kappa shape index (κ1) is 93.7. The largest absolute Gasteiger partial charge is 0.460 e. The average Bonchev–Trinajstić information content (AvgIpc) is 0.732. The van der Waals surface area contributed by atoms with Crippen molar-refractivity contribution >= 4 is 23.0 Å². The molecule has 0 spiro atoms. The van der Waals surface area contributed by atoms with E-state index in [2.05, 4.69) is 27.1 Å². The SMILES string of the molecule is FCC(F)(F)C(F)(F)C(F)(F)C(F)(F)COP1(OCC(F)(F)C(F)(F)C(F)(F)C(F)(F)CF)=NP(OCC(F)(F)C(F)(F)C(F)(F)C(F)(F)F)(OCC(F)(F)C(F)(CF)C(F)(F)C(F)(F)F)=NP(OCC(F)(F)C(F)(F)C(F)(F)C(F)(F)F)(OCC(F)(F)C(F)(F)C(F)(F)C(F)(F)F)=N1. The highest BCUT2D eigenvalue weighted by atomic mass is 31.3. The van der Waals surface area contributed by atoms with Gasteiger partial charge in [-0.2, -0.15) is 211 Å². The Bertz CT molecular complexity index is 2860. The van der Waals surface area contributed by atoms with E-state index in [1.807, 2.05) is 0 Å². The zero-order valence-corrected chi connectivity index (χ0v) is 46.6. The van der Waals surface area contributed by atoms with Gasteiger partial charge in [-0.1, -0.05) is 0 Å². The molecule has 2 unspecified atom stereocenters. The van der Waals surface area contributed by atoms with Crippen molar-refractivity contribution in [2.75, 3.05) is 59.7 Å². The van der Waals surface area contributed by atoms with Crippen LogP contribution in [0.25, 0.3) is 0 Å². The van der Waals surface area contributed by atoms with E-state index in [9.17, 15) is 180 Å². The van der Waals surface area contributed by atoms with Gasteiger partial charge in [0.1, 0.15) is 46.3 Å². The smallest absolute Gasteiger partial charge is 0.300 e. The predicted molar refractivity (Wildman–Crippen MR) is 204 cm³/mol. The number of rotatable bonds is 35. The summed E-state index contributed by atoms with van der Waals surface area (Å²) < 4.78 is 789. The van der Waals surface area contributed by atoms with Crippen LogP contribution >= 0.6 is 23.0 Å². The Balaban J connectivity index is 5.90. The lowest BCUT2D eigenvalue weighted by molar-refractivity contribution is -0.399. The van der Waals surface area contributed by atoms with Crippen LogP contribution < -0.4 is 0 Å². The van der Waals surface area contributed by atoms with Gasteiger partial charge in [0.05, 0.1) is 0 Å². The molecule has 0 bridgehead atoms. The van der Waals surface area contributed by atoms with Gasteiger partial charge >= 0.3 is 160 Å². The molecule has 2 atom stereocenters. The molecule has 1 aliphatic rings. The number of halogens is 54. The van der Waals surface area contributed by atoms with Crippen molar-refractivity contribution in [1.82, 2.24) is 0 Å². The molecule has 1 rings (SSSR count). The Hall–Kier alpha value is -3.33. The van der Waals surface area contributed by atoms with E-state index in [1.165, 1.54) is 4.52 Å². The highest BCUT2D eigenvalue weighted by molar-refractivity contribution is 7.78. The highest BCUT2D eigenvalue weighted by Crippen LogP contribution is 2.82. The lowest BCUT2D eigenvalue weighted by atomic mass is 9.91. The molecule has 0 saturated heterocycles. The molecule has 9 nitrogen and oxygen atoms in total. The molecule has 0 aromatic rings. The summed E-state index contributed by atoms with van der Waals surface area (Å²) in [6, 6.07) is 0. The highest BCUT2D eigenvalue weighted by Gasteiger charge is 2.87. The zero-order chi connectivity index (χ0) is 80.2. The summed E-state index contributed by atoms with van der Waals surface area (Å²) in [4.78, 5) is 0. The van der Waals surface area contributed by atoms with Crippen LogP contribution in [-0.4, -0.2) is 203 Å². The fourth-order valence-electron chi connectivity index (χ4n) is 5.41. The molecule has 1 aliphatic heterocycles. The first-order valence-corrected chi connectivity index (χ1v) is 26.7. The van der Waals surface area contributed by atoms with Crippen LogP contribution in [0.4, 0.5) is 237 Å². The topological polar surface area (TPSA) is 92.5 Å². The van der Waals surface area contributed by atoms with Gasteiger partial charge in [-0.15, -0.1) is 13.5 Å². The molecule has 1 heterocycles. The third-order valence-corrected chi connectivity index (χ3v) is 19.6. The Kier molecular flexibility index (Phi) is 25.2. The van der Waals surface area contributed by atoms with Gasteiger partial charge in [0.15, 0.2) is 13.3 Å². The maximum Gasteiger partial charge on any atom is 0.460 e. The van der Waals surface area contributed by atoms with Crippen molar-refractivity contribution < 1.29 is 264 Å². The van der Waals surface area contributed by atoms with E-state index < -0.39 is 226 Å². The normalized spacial score (nSPS) is 19.9. The maximum atomic E-state index is 15.6. The van der Waals surface area contributed by atoms with E-state index in [4.69, 9.17) is 0 Å². The summed E-state index contributed by atoms with van der Waals surface area (Å²) in [5, 5.41) is 0. The second-order valence-corrected chi connectivity index (χ2v) is 25.2. The van der Waals surface area contributed by atoms with Gasteiger partial charge < -0.3 is 0 Å². The predicted octanol–water partition coefficient (Wildman–Crippen LogP) is 20.9. The first-order chi connectivity index (χ1) is 42.5. The molecule has 0 aliphatic carbocycles. The summed E-state index contributed by atoms with van der Waals surface area (Å²) in [5.41, 5.74) is -8.09. The lowest BCUT2D eigenvalue weighted by Gasteiger charge is -2.40. The van der Waals surface area contributed by atoms with E-state index in [1.54, 1.807) is 0 Å². The van der Waals surface area contributed by atoms with Gasteiger partial charge in [-0.25, -0.2) is 26.3 Å². The van der Waals surface area contributed by atoms with E-state index in [0.29, 0.717) is 0 Å². The molecule has 0 fully saturated rings. The zero-order valence-electron chi connectivity index (χ0n) is 43.9. The molecule has 0 radical (unpaired) electrons. The van der Waals surface area contributed by atoms with Gasteiger partial charge in [-0.3, -0.25) is 27.1 Å². The van der Waals surface area contributed by atoms with Crippen molar-refractivity contribution in [3.05, 3.63) is 0 Å². The Morgan fingerprint density at radius 3 is 0.455 bits per heavy atom. The lowest BCUT2D eigenvalue weighted by Crippen LogP contribution is -2.66. The molecule has 0 amide bonds. The fraction of sp³-hybridized carbons (Fsp3) is 1.00. The summed E-state index contributed by atoms with van der Waals surface area (Å²) in [6.45, 7) is -47.0. The molecule has 0 aromatic carbocycles. The molecular formula is C33H18F54N3O6P3. The van der Waals surface area contributed by atoms with E-state index in [0.717, 1.165) is 9.03 Å². The van der Waals surface area contributed by atoms with Gasteiger partial charge in [0.2, 0.25) is 0 Å². The standard InChI is InChI=1S/C33H18F54N3O6P3/c34-1-10(37,19(54,55)30(76,77)78)13(42,43)4-91-97(94-7-16(48,49)24(64,65)27(70,71)31(79,80)81)88-98(92-5-14(44,45)22(60,61)20(56,57)11(38,39)2-35,93-6-15(46,47)23(62,63)21(58,59)12(40,41)3-36)90-99(89-97,95-8-17(50,51)25(66,67)28(72,73)32(82,83)84)96-9-18(52,53)26(68,69)29(74,75)33(85,86)87/h1-9H2. The Labute approximate surface area is 504 Å². The molecule has 66 heteroatoms. The Morgan fingerprint density at radius 1 is 0.172 bits per heavy atom. The van der Waals surface area contributed by atoms with Gasteiger partial charge in [0.25, 0.3) is 5.67 Å². The Morgan fingerprint density at radius 2 is 0.313 bits per heavy atom. The van der Waals surface area contributed by atoms with E-state index in [-0.39, 0.29) is 0 Å². The molecule has 0 N–H and O–H groups in total. The third-order valence-electron chi connectivity index (χ3n) is 11.4. The van der Waals surface area contributed by atoms with E-state index >= 15 is 57.1 Å². The van der Waals surface area contributed by atoms with Crippen molar-refractivity contribution in [2.45, 2.75) is 143 Å². The monoisotopic (exact) mass is 1670 g/mol. The second kappa shape index (κ2) is 26.6. The van der Waals surface area contributed by atoms with Crippen LogP contribution in [0.15, 0.2) is 13.5 Å². The molecule has 99 heavy (non-hydrogen) atoms. The maximum absolute atomic E-state index is 15.6. The minimum Gasteiger partial charge on any atom is -0.300 e. The molecule has 594 valence electrons. The average molecular weight is 1670 g/mol. The number of alkyl halides is 54. The van der Waals surface area contributed by atoms with Crippen LogP contribution in [-0.2, 0) is 27.1 Å².